The standard InChI is InChI=1S/C28H26FN3O2/c1-19(33)28-27(22-7-9-24(29)10-8-22)30-26-17-23(13-16-32(26)28)20-11-14-31(15-12-20)18-25(34)21-5-3-2-4-6-21/h2-10,13,16-17,20H,11-12,14-15,18H2,1H3. The zero-order valence-corrected chi connectivity index (χ0v) is 19.1. The summed E-state index contributed by atoms with van der Waals surface area (Å²) < 4.78 is 15.2. The average molecular weight is 456 g/mol. The molecule has 0 radical (unpaired) electrons. The predicted molar refractivity (Wildman–Crippen MR) is 130 cm³/mol. The van der Waals surface area contributed by atoms with Crippen LogP contribution in [0.4, 0.5) is 4.39 Å². The Morgan fingerprint density at radius 2 is 1.71 bits per heavy atom. The normalized spacial score (nSPS) is 15.0. The molecule has 5 nitrogen and oxygen atoms in total. The second-order valence-corrected chi connectivity index (χ2v) is 8.90. The van der Waals surface area contributed by atoms with Gasteiger partial charge in [-0.3, -0.25) is 18.9 Å². The number of nitrogens with zero attached hydrogens (tertiary/aromatic N) is 3. The number of carbonyl (C=O) groups is 2. The van der Waals surface area contributed by atoms with Gasteiger partial charge in [0.15, 0.2) is 11.6 Å². The molecule has 0 amide bonds. The number of rotatable bonds is 6. The molecule has 0 bridgehead atoms. The molecule has 0 atom stereocenters. The highest BCUT2D eigenvalue weighted by Gasteiger charge is 2.24. The number of ketones is 2. The molecule has 1 saturated heterocycles. The van der Waals surface area contributed by atoms with Crippen LogP contribution in [0.25, 0.3) is 16.9 Å². The van der Waals surface area contributed by atoms with Gasteiger partial charge in [0, 0.05) is 24.2 Å². The van der Waals surface area contributed by atoms with Gasteiger partial charge in [-0.25, -0.2) is 9.37 Å². The minimum atomic E-state index is -0.323. The van der Waals surface area contributed by atoms with E-state index < -0.39 is 0 Å². The molecule has 3 heterocycles. The summed E-state index contributed by atoms with van der Waals surface area (Å²) in [4.78, 5) is 31.9. The number of benzene rings is 2. The minimum absolute atomic E-state index is 0.0871. The third-order valence-electron chi connectivity index (χ3n) is 6.62. The van der Waals surface area contributed by atoms with Crippen molar-refractivity contribution in [2.75, 3.05) is 19.6 Å². The van der Waals surface area contributed by atoms with Crippen molar-refractivity contribution in [1.82, 2.24) is 14.3 Å². The van der Waals surface area contributed by atoms with Gasteiger partial charge in [-0.15, -0.1) is 0 Å². The van der Waals surface area contributed by atoms with Crippen LogP contribution in [-0.2, 0) is 0 Å². The molecule has 4 aromatic rings. The van der Waals surface area contributed by atoms with E-state index in [1.807, 2.05) is 40.9 Å². The molecule has 0 N–H and O–H groups in total. The Kier molecular flexibility index (Phi) is 6.07. The van der Waals surface area contributed by atoms with E-state index in [2.05, 4.69) is 17.0 Å². The summed E-state index contributed by atoms with van der Waals surface area (Å²) in [6.07, 6.45) is 3.83. The molecule has 34 heavy (non-hydrogen) atoms. The van der Waals surface area contributed by atoms with Crippen LogP contribution in [0.5, 0.6) is 0 Å². The van der Waals surface area contributed by atoms with Crippen molar-refractivity contribution in [3.63, 3.8) is 0 Å². The number of halogens is 1. The van der Waals surface area contributed by atoms with Gasteiger partial charge in [0.1, 0.15) is 22.9 Å². The molecule has 6 heteroatoms. The Hall–Kier alpha value is -3.64. The zero-order valence-electron chi connectivity index (χ0n) is 19.1. The van der Waals surface area contributed by atoms with E-state index >= 15 is 0 Å². The molecular weight excluding hydrogens is 429 g/mol. The molecule has 0 saturated carbocycles. The monoisotopic (exact) mass is 455 g/mol. The average Bonchev–Trinajstić information content (AvgIpc) is 3.24. The smallest absolute Gasteiger partial charge is 0.178 e. The first-order chi connectivity index (χ1) is 16.5. The fourth-order valence-electron chi connectivity index (χ4n) is 4.80. The largest absolute Gasteiger partial charge is 0.296 e. The van der Waals surface area contributed by atoms with Crippen molar-refractivity contribution in [2.24, 2.45) is 0 Å². The Morgan fingerprint density at radius 1 is 1.00 bits per heavy atom. The van der Waals surface area contributed by atoms with E-state index in [1.165, 1.54) is 24.6 Å². The molecular formula is C28H26FN3O2. The maximum Gasteiger partial charge on any atom is 0.178 e. The van der Waals surface area contributed by atoms with Crippen molar-refractivity contribution in [3.8, 4) is 11.3 Å². The maximum absolute atomic E-state index is 13.4. The lowest BCUT2D eigenvalue weighted by atomic mass is 9.90. The van der Waals surface area contributed by atoms with Crippen molar-refractivity contribution in [3.05, 3.63) is 95.6 Å². The topological polar surface area (TPSA) is 54.7 Å². The molecule has 0 aliphatic carbocycles. The van der Waals surface area contributed by atoms with Crippen molar-refractivity contribution in [2.45, 2.75) is 25.7 Å². The van der Waals surface area contributed by atoms with Gasteiger partial charge >= 0.3 is 0 Å². The molecule has 5 rings (SSSR count). The number of likely N-dealkylation sites (tertiary alicyclic amines) is 1. The fourth-order valence-corrected chi connectivity index (χ4v) is 4.80. The van der Waals surface area contributed by atoms with Gasteiger partial charge in [0.2, 0.25) is 0 Å². The molecule has 0 unspecified atom stereocenters. The number of hydrogen-bond donors (Lipinski definition) is 0. The number of carbonyl (C=O) groups excluding carboxylic acids is 2. The van der Waals surface area contributed by atoms with Crippen LogP contribution in [-0.4, -0.2) is 45.5 Å². The van der Waals surface area contributed by atoms with Gasteiger partial charge in [0.05, 0.1) is 6.54 Å². The van der Waals surface area contributed by atoms with Crippen molar-refractivity contribution >= 4 is 17.2 Å². The summed E-state index contributed by atoms with van der Waals surface area (Å²) in [6.45, 7) is 3.70. The van der Waals surface area contributed by atoms with E-state index in [0.29, 0.717) is 35.1 Å². The summed E-state index contributed by atoms with van der Waals surface area (Å²) in [5.41, 5.74) is 4.44. The lowest BCUT2D eigenvalue weighted by molar-refractivity contribution is 0.0908. The van der Waals surface area contributed by atoms with Gasteiger partial charge < -0.3 is 0 Å². The van der Waals surface area contributed by atoms with E-state index in [0.717, 1.165) is 31.5 Å². The van der Waals surface area contributed by atoms with Gasteiger partial charge in [-0.2, -0.15) is 0 Å². The first kappa shape index (κ1) is 22.2. The Labute approximate surface area is 197 Å². The van der Waals surface area contributed by atoms with E-state index in [1.54, 1.807) is 12.1 Å². The summed E-state index contributed by atoms with van der Waals surface area (Å²) >= 11 is 0. The van der Waals surface area contributed by atoms with Crippen LogP contribution >= 0.6 is 0 Å². The van der Waals surface area contributed by atoms with Crippen LogP contribution in [0, 0.1) is 5.82 Å². The molecule has 1 fully saturated rings. The van der Waals surface area contributed by atoms with Gasteiger partial charge in [-0.1, -0.05) is 30.3 Å². The number of piperidine rings is 1. The molecule has 0 spiro atoms. The van der Waals surface area contributed by atoms with Crippen LogP contribution in [0.15, 0.2) is 72.9 Å². The first-order valence-electron chi connectivity index (χ1n) is 11.6. The molecule has 1 aliphatic heterocycles. The van der Waals surface area contributed by atoms with Gasteiger partial charge in [-0.05, 0) is 73.8 Å². The van der Waals surface area contributed by atoms with Crippen molar-refractivity contribution in [1.29, 1.82) is 0 Å². The fraction of sp³-hybridized carbons (Fsp3) is 0.250. The maximum atomic E-state index is 13.4. The molecule has 2 aromatic heterocycles. The minimum Gasteiger partial charge on any atom is -0.296 e. The highest BCUT2D eigenvalue weighted by atomic mass is 19.1. The highest BCUT2D eigenvalue weighted by Crippen LogP contribution is 2.31. The van der Waals surface area contributed by atoms with E-state index in [-0.39, 0.29) is 17.4 Å². The number of hydrogen-bond acceptors (Lipinski definition) is 4. The quantitative estimate of drug-likeness (QED) is 0.365. The first-order valence-corrected chi connectivity index (χ1v) is 11.6. The third kappa shape index (κ3) is 4.41. The molecule has 2 aromatic carbocycles. The summed E-state index contributed by atoms with van der Waals surface area (Å²) in [6, 6.07) is 19.6. The summed E-state index contributed by atoms with van der Waals surface area (Å²) in [5.74, 6) is 0.120. The number of Topliss-reactive ketones (excluding diaryl/α,β-unsaturated/α-hetero) is 2. The predicted octanol–water partition coefficient (Wildman–Crippen LogP) is 5.41. The van der Waals surface area contributed by atoms with Crippen LogP contribution in [0.3, 0.4) is 0 Å². The van der Waals surface area contributed by atoms with Crippen LogP contribution in [0.2, 0.25) is 0 Å². The molecule has 1 aliphatic rings. The number of fused-ring (bicyclic) bond motifs is 1. The number of imidazole rings is 1. The van der Waals surface area contributed by atoms with E-state index in [4.69, 9.17) is 4.98 Å². The molecule has 172 valence electrons. The Morgan fingerprint density at radius 3 is 2.38 bits per heavy atom. The van der Waals surface area contributed by atoms with Crippen molar-refractivity contribution < 1.29 is 14.0 Å². The second kappa shape index (κ2) is 9.31. The van der Waals surface area contributed by atoms with E-state index in [9.17, 15) is 14.0 Å². The summed E-state index contributed by atoms with van der Waals surface area (Å²) in [7, 11) is 0. The summed E-state index contributed by atoms with van der Waals surface area (Å²) in [5, 5.41) is 0. The highest BCUT2D eigenvalue weighted by molar-refractivity contribution is 5.99. The number of aromatic nitrogens is 2. The lowest BCUT2D eigenvalue weighted by Gasteiger charge is -2.31. The van der Waals surface area contributed by atoms with Crippen LogP contribution in [0.1, 0.15) is 52.1 Å². The zero-order chi connectivity index (χ0) is 23.7. The van der Waals surface area contributed by atoms with Crippen LogP contribution < -0.4 is 0 Å². The second-order valence-electron chi connectivity index (χ2n) is 8.90. The third-order valence-corrected chi connectivity index (χ3v) is 6.62. The Bertz CT molecular complexity index is 1340. The number of pyridine rings is 1. The SMILES string of the molecule is CC(=O)c1c(-c2ccc(F)cc2)nc2cc(C3CCN(CC(=O)c4ccccc4)CC3)ccn12. The Balaban J connectivity index is 1.33. The lowest BCUT2D eigenvalue weighted by Crippen LogP contribution is -2.36. The van der Waals surface area contributed by atoms with Gasteiger partial charge in [0.25, 0.3) is 0 Å².